The average molecular weight is 182 g/mol. The largest absolute Gasteiger partial charge is 0.228 e. The molecule has 10 heavy (non-hydrogen) atoms. The molecular formula is C5H8ClNO2S. The van der Waals surface area contributed by atoms with E-state index < -0.39 is 10.0 Å². The molecule has 0 aromatic rings. The molecule has 5 heteroatoms. The highest BCUT2D eigenvalue weighted by Crippen LogP contribution is 2.07. The first-order chi connectivity index (χ1) is 4.67. The van der Waals surface area contributed by atoms with Crippen LogP contribution >= 0.6 is 11.6 Å². The fraction of sp³-hybridized carbons (Fsp3) is 0.600. The van der Waals surface area contributed by atoms with Gasteiger partial charge in [-0.1, -0.05) is 12.2 Å². The molecule has 0 aliphatic carbocycles. The maximum absolute atomic E-state index is 11.0. The Morgan fingerprint density at radius 2 is 1.90 bits per heavy atom. The Morgan fingerprint density at radius 1 is 1.40 bits per heavy atom. The van der Waals surface area contributed by atoms with Crippen molar-refractivity contribution in [2.45, 2.75) is 0 Å². The number of nitrogens with zero attached hydrogens (tertiary/aromatic N) is 1. The van der Waals surface area contributed by atoms with Gasteiger partial charge in [0, 0.05) is 13.1 Å². The van der Waals surface area contributed by atoms with Crippen LogP contribution < -0.4 is 0 Å². The molecule has 0 saturated heterocycles. The molecule has 0 saturated carbocycles. The van der Waals surface area contributed by atoms with Crippen molar-refractivity contribution in [3.8, 4) is 0 Å². The molecule has 1 heterocycles. The zero-order valence-electron chi connectivity index (χ0n) is 5.33. The molecule has 0 aromatic carbocycles. The molecule has 1 rings (SSSR count). The number of hydrogen-bond acceptors (Lipinski definition) is 2. The van der Waals surface area contributed by atoms with E-state index >= 15 is 0 Å². The van der Waals surface area contributed by atoms with Crippen molar-refractivity contribution in [1.82, 2.24) is 4.31 Å². The fourth-order valence-corrected chi connectivity index (χ4v) is 1.93. The van der Waals surface area contributed by atoms with E-state index in [9.17, 15) is 8.42 Å². The van der Waals surface area contributed by atoms with Crippen LogP contribution in [0.2, 0.25) is 0 Å². The van der Waals surface area contributed by atoms with Crippen LogP contribution in [0.15, 0.2) is 12.2 Å². The normalized spacial score (nSPS) is 20.1. The third-order valence-corrected chi connectivity index (χ3v) is 3.50. The lowest BCUT2D eigenvalue weighted by molar-refractivity contribution is 0.492. The van der Waals surface area contributed by atoms with Gasteiger partial charge in [-0.2, -0.15) is 4.31 Å². The predicted molar refractivity (Wildman–Crippen MR) is 40.4 cm³/mol. The number of alkyl halides is 1. The monoisotopic (exact) mass is 181 g/mol. The van der Waals surface area contributed by atoms with Crippen molar-refractivity contribution >= 4 is 21.6 Å². The summed E-state index contributed by atoms with van der Waals surface area (Å²) in [4.78, 5) is 0. The van der Waals surface area contributed by atoms with Crippen molar-refractivity contribution in [2.24, 2.45) is 0 Å². The molecule has 1 aliphatic heterocycles. The fourth-order valence-electron chi connectivity index (χ4n) is 0.755. The van der Waals surface area contributed by atoms with Gasteiger partial charge < -0.3 is 0 Å². The third-order valence-electron chi connectivity index (χ3n) is 1.32. The highest BCUT2D eigenvalue weighted by atomic mass is 35.5. The lowest BCUT2D eigenvalue weighted by atomic mass is 10.6. The molecule has 3 nitrogen and oxygen atoms in total. The predicted octanol–water partition coefficient (Wildman–Crippen LogP) is 0.384. The average Bonchev–Trinajstić information content (AvgIpc) is 2.38. The number of halogens is 1. The Balaban J connectivity index is 2.67. The van der Waals surface area contributed by atoms with Gasteiger partial charge in [0.2, 0.25) is 10.0 Å². The van der Waals surface area contributed by atoms with Crippen LogP contribution in [0.1, 0.15) is 0 Å². The molecular weight excluding hydrogens is 174 g/mol. The van der Waals surface area contributed by atoms with Crippen molar-refractivity contribution in [3.05, 3.63) is 12.2 Å². The van der Waals surface area contributed by atoms with Gasteiger partial charge in [0.1, 0.15) is 5.21 Å². The number of hydrogen-bond donors (Lipinski definition) is 0. The Bertz CT molecular complexity index is 226. The van der Waals surface area contributed by atoms with Crippen LogP contribution in [-0.4, -0.2) is 31.0 Å². The van der Waals surface area contributed by atoms with Crippen LogP contribution in [0.25, 0.3) is 0 Å². The van der Waals surface area contributed by atoms with Gasteiger partial charge in [0.05, 0.1) is 0 Å². The summed E-state index contributed by atoms with van der Waals surface area (Å²) in [5.74, 6) is 0. The molecule has 0 atom stereocenters. The molecule has 0 radical (unpaired) electrons. The quantitative estimate of drug-likeness (QED) is 0.457. The van der Waals surface area contributed by atoms with E-state index in [-0.39, 0.29) is 5.21 Å². The van der Waals surface area contributed by atoms with Gasteiger partial charge in [-0.25, -0.2) is 8.42 Å². The first-order valence-electron chi connectivity index (χ1n) is 2.85. The van der Waals surface area contributed by atoms with Gasteiger partial charge >= 0.3 is 0 Å². The minimum Gasteiger partial charge on any atom is -0.211 e. The topological polar surface area (TPSA) is 37.4 Å². The molecule has 0 N–H and O–H groups in total. The standard InChI is InChI=1S/C5H8ClNO2S/c6-5-10(8,9)7-3-1-2-4-7/h1-2H,3-5H2. The zero-order valence-corrected chi connectivity index (χ0v) is 6.90. The number of sulfonamides is 1. The first-order valence-corrected chi connectivity index (χ1v) is 5.00. The summed E-state index contributed by atoms with van der Waals surface area (Å²) in [5.41, 5.74) is 0. The van der Waals surface area contributed by atoms with Gasteiger partial charge in [-0.3, -0.25) is 0 Å². The van der Waals surface area contributed by atoms with Gasteiger partial charge in [-0.15, -0.1) is 11.6 Å². The molecule has 0 bridgehead atoms. The molecule has 0 amide bonds. The summed E-state index contributed by atoms with van der Waals surface area (Å²) in [7, 11) is -3.16. The maximum atomic E-state index is 11.0. The Labute approximate surface area is 65.3 Å². The lowest BCUT2D eigenvalue weighted by Crippen LogP contribution is -2.28. The van der Waals surface area contributed by atoms with Crippen molar-refractivity contribution < 1.29 is 8.42 Å². The highest BCUT2D eigenvalue weighted by molar-refractivity contribution is 7.90. The lowest BCUT2D eigenvalue weighted by Gasteiger charge is -2.11. The van der Waals surface area contributed by atoms with E-state index in [0.717, 1.165) is 0 Å². The Kier molecular flexibility index (Phi) is 2.33. The maximum Gasteiger partial charge on any atom is 0.228 e. The van der Waals surface area contributed by atoms with Crippen LogP contribution in [0.5, 0.6) is 0 Å². The summed E-state index contributed by atoms with van der Waals surface area (Å²) in [6.07, 6.45) is 3.62. The van der Waals surface area contributed by atoms with E-state index in [4.69, 9.17) is 11.6 Å². The second-order valence-electron chi connectivity index (χ2n) is 2.01. The Morgan fingerprint density at radius 3 is 2.30 bits per heavy atom. The van der Waals surface area contributed by atoms with Crippen molar-refractivity contribution in [3.63, 3.8) is 0 Å². The van der Waals surface area contributed by atoms with Crippen LogP contribution in [0.3, 0.4) is 0 Å². The zero-order chi connectivity index (χ0) is 7.61. The van der Waals surface area contributed by atoms with Crippen molar-refractivity contribution in [1.29, 1.82) is 0 Å². The van der Waals surface area contributed by atoms with E-state index in [1.807, 2.05) is 12.2 Å². The summed E-state index contributed by atoms with van der Waals surface area (Å²) >= 11 is 5.22. The summed E-state index contributed by atoms with van der Waals surface area (Å²) in [6.45, 7) is 0.935. The minimum absolute atomic E-state index is 0.325. The second kappa shape index (κ2) is 2.90. The van der Waals surface area contributed by atoms with Crippen LogP contribution in [0.4, 0.5) is 0 Å². The van der Waals surface area contributed by atoms with E-state index in [1.165, 1.54) is 4.31 Å². The highest BCUT2D eigenvalue weighted by Gasteiger charge is 2.20. The van der Waals surface area contributed by atoms with Crippen molar-refractivity contribution in [2.75, 3.05) is 18.3 Å². The SMILES string of the molecule is O=S(=O)(CCl)N1CC=CC1. The molecule has 0 unspecified atom stereocenters. The molecule has 0 spiro atoms. The minimum atomic E-state index is -3.16. The van der Waals surface area contributed by atoms with Gasteiger partial charge in [0.15, 0.2) is 0 Å². The molecule has 58 valence electrons. The van der Waals surface area contributed by atoms with E-state index in [1.54, 1.807) is 0 Å². The first kappa shape index (κ1) is 8.04. The molecule has 1 aliphatic rings. The van der Waals surface area contributed by atoms with Gasteiger partial charge in [0.25, 0.3) is 0 Å². The van der Waals surface area contributed by atoms with E-state index in [2.05, 4.69) is 0 Å². The second-order valence-corrected chi connectivity index (χ2v) is 4.56. The summed E-state index contributed by atoms with van der Waals surface area (Å²) < 4.78 is 23.2. The van der Waals surface area contributed by atoms with Crippen LogP contribution in [0, 0.1) is 0 Å². The summed E-state index contributed by atoms with van der Waals surface area (Å²) in [5, 5.41) is -0.325. The summed E-state index contributed by atoms with van der Waals surface area (Å²) in [6, 6.07) is 0. The third kappa shape index (κ3) is 1.51. The Hall–Kier alpha value is -0.0600. The smallest absolute Gasteiger partial charge is 0.211 e. The molecule has 0 fully saturated rings. The molecule has 0 aromatic heterocycles. The number of rotatable bonds is 2. The van der Waals surface area contributed by atoms with Crippen LogP contribution in [-0.2, 0) is 10.0 Å². The van der Waals surface area contributed by atoms with E-state index in [0.29, 0.717) is 13.1 Å². The van der Waals surface area contributed by atoms with Gasteiger partial charge in [-0.05, 0) is 0 Å².